The molecule has 1 aromatic heterocycles. The van der Waals surface area contributed by atoms with Gasteiger partial charge in [-0.05, 0) is 58.4 Å². The van der Waals surface area contributed by atoms with Crippen molar-refractivity contribution in [1.82, 2.24) is 9.88 Å². The number of amides is 2. The number of ketones is 1. The van der Waals surface area contributed by atoms with E-state index in [9.17, 15) is 18.8 Å². The van der Waals surface area contributed by atoms with Gasteiger partial charge in [-0.1, -0.05) is 0 Å². The second-order valence-electron chi connectivity index (χ2n) is 7.79. The summed E-state index contributed by atoms with van der Waals surface area (Å²) in [5.74, 6) is -2.70. The summed E-state index contributed by atoms with van der Waals surface area (Å²) in [7, 11) is 1.61. The Balaban J connectivity index is 2.39. The first-order valence-corrected chi connectivity index (χ1v) is 8.91. The minimum Gasteiger partial charge on any atom is -0.345 e. The average Bonchev–Trinajstić information content (AvgIpc) is 2.83. The van der Waals surface area contributed by atoms with Crippen molar-refractivity contribution in [1.29, 1.82) is 5.26 Å². The zero-order chi connectivity index (χ0) is 22.1. The number of carbonyl (C=O) groups is 3. The third-order valence-electron chi connectivity index (χ3n) is 4.41. The van der Waals surface area contributed by atoms with Gasteiger partial charge >= 0.3 is 0 Å². The molecule has 29 heavy (non-hydrogen) atoms. The fourth-order valence-corrected chi connectivity index (χ4v) is 3.02. The minimum atomic E-state index is -0.751. The van der Waals surface area contributed by atoms with Crippen LogP contribution in [0, 0.1) is 31.0 Å². The average molecular weight is 398 g/mol. The van der Waals surface area contributed by atoms with E-state index in [0.29, 0.717) is 11.3 Å². The molecule has 0 unspecified atom stereocenters. The molecule has 2 rings (SSSR count). The van der Waals surface area contributed by atoms with Gasteiger partial charge < -0.3 is 15.2 Å². The lowest BCUT2D eigenvalue weighted by Crippen LogP contribution is -2.44. The molecule has 0 saturated heterocycles. The number of nitrogens with one attached hydrogen (secondary N) is 2. The zero-order valence-electron chi connectivity index (χ0n) is 17.2. The lowest BCUT2D eigenvalue weighted by Gasteiger charge is -2.19. The normalized spacial score (nSPS) is 11.0. The number of halogens is 1. The van der Waals surface area contributed by atoms with Crippen LogP contribution in [0.5, 0.6) is 0 Å². The molecule has 0 aliphatic heterocycles. The summed E-state index contributed by atoms with van der Waals surface area (Å²) >= 11 is 0. The number of aromatic nitrogens is 1. The van der Waals surface area contributed by atoms with E-state index in [4.69, 9.17) is 5.26 Å². The number of rotatable bonds is 4. The Kier molecular flexibility index (Phi) is 5.93. The highest BCUT2D eigenvalue weighted by Crippen LogP contribution is 2.24. The fraction of sp³-hybridized carbons (Fsp3) is 0.333. The first kappa shape index (κ1) is 21.8. The Hall–Kier alpha value is -3.47. The predicted octanol–water partition coefficient (Wildman–Crippen LogP) is 3.00. The topological polar surface area (TPSA) is 104 Å². The molecule has 0 bridgehead atoms. The van der Waals surface area contributed by atoms with Gasteiger partial charge in [-0.15, -0.1) is 0 Å². The lowest BCUT2D eigenvalue weighted by atomic mass is 10.0. The van der Waals surface area contributed by atoms with Crippen molar-refractivity contribution >= 4 is 23.3 Å². The van der Waals surface area contributed by atoms with E-state index < -0.39 is 29.0 Å². The highest BCUT2D eigenvalue weighted by atomic mass is 19.1. The summed E-state index contributed by atoms with van der Waals surface area (Å²) in [6, 6.07) is 5.36. The maximum atomic E-state index is 13.5. The van der Waals surface area contributed by atoms with E-state index in [1.807, 2.05) is 0 Å². The molecule has 8 heteroatoms. The smallest absolute Gasteiger partial charge is 0.292 e. The maximum absolute atomic E-state index is 13.5. The minimum absolute atomic E-state index is 0.163. The van der Waals surface area contributed by atoms with Gasteiger partial charge in [0, 0.05) is 24.0 Å². The monoisotopic (exact) mass is 398 g/mol. The van der Waals surface area contributed by atoms with Gasteiger partial charge in [-0.3, -0.25) is 14.4 Å². The first-order chi connectivity index (χ1) is 13.4. The summed E-state index contributed by atoms with van der Waals surface area (Å²) in [5, 5.41) is 14.2. The van der Waals surface area contributed by atoms with E-state index in [1.54, 1.807) is 47.7 Å². The van der Waals surface area contributed by atoms with Crippen LogP contribution in [0.15, 0.2) is 18.2 Å². The molecule has 7 nitrogen and oxygen atoms in total. The van der Waals surface area contributed by atoms with Crippen molar-refractivity contribution in [2.75, 3.05) is 5.32 Å². The van der Waals surface area contributed by atoms with Gasteiger partial charge in [-0.2, -0.15) is 5.26 Å². The number of anilines is 1. The molecular formula is C21H23FN4O3. The highest BCUT2D eigenvalue weighted by Gasteiger charge is 2.30. The van der Waals surface area contributed by atoms with Gasteiger partial charge in [0.1, 0.15) is 17.6 Å². The maximum Gasteiger partial charge on any atom is 0.292 e. The summed E-state index contributed by atoms with van der Waals surface area (Å²) < 4.78 is 15.0. The van der Waals surface area contributed by atoms with Crippen molar-refractivity contribution < 1.29 is 18.8 Å². The van der Waals surface area contributed by atoms with Crippen molar-refractivity contribution in [3.63, 3.8) is 0 Å². The van der Waals surface area contributed by atoms with Crippen LogP contribution in [0.25, 0.3) is 0 Å². The number of nitrogens with zero attached hydrogens (tertiary/aromatic N) is 2. The second kappa shape index (κ2) is 7.87. The van der Waals surface area contributed by atoms with E-state index in [0.717, 1.165) is 6.07 Å². The van der Waals surface area contributed by atoms with Gasteiger partial charge in [0.2, 0.25) is 0 Å². The Morgan fingerprint density at radius 1 is 1.17 bits per heavy atom. The number of hydrogen-bond acceptors (Lipinski definition) is 4. The standard InChI is InChI=1S/C21H23FN4O3/c1-11-16(18(27)20(29)25-21(3,4)5)12(2)26(6)17(11)19(28)24-14-7-8-15(22)13(9-14)10-23/h7-9H,1-6H3,(H,24,28)(H,25,29). The van der Waals surface area contributed by atoms with Crippen LogP contribution in [-0.2, 0) is 11.8 Å². The highest BCUT2D eigenvalue weighted by molar-refractivity contribution is 6.43. The summed E-state index contributed by atoms with van der Waals surface area (Å²) in [6.07, 6.45) is 0. The van der Waals surface area contributed by atoms with Crippen molar-refractivity contribution in [3.05, 3.63) is 52.1 Å². The third kappa shape index (κ3) is 4.51. The molecule has 2 amide bonds. The fourth-order valence-electron chi connectivity index (χ4n) is 3.02. The van der Waals surface area contributed by atoms with Crippen LogP contribution < -0.4 is 10.6 Å². The Labute approximate surface area is 168 Å². The van der Waals surface area contributed by atoms with Crippen LogP contribution in [0.4, 0.5) is 10.1 Å². The molecule has 1 heterocycles. The molecule has 2 N–H and O–H groups in total. The van der Waals surface area contributed by atoms with Crippen LogP contribution in [0.2, 0.25) is 0 Å². The Morgan fingerprint density at radius 2 is 1.79 bits per heavy atom. The van der Waals surface area contributed by atoms with E-state index >= 15 is 0 Å². The molecule has 1 aromatic carbocycles. The quantitative estimate of drug-likeness (QED) is 0.610. The summed E-state index contributed by atoms with van der Waals surface area (Å²) in [4.78, 5) is 37.8. The largest absolute Gasteiger partial charge is 0.345 e. The SMILES string of the molecule is Cc1c(C(=O)C(=O)NC(C)(C)C)c(C)n(C)c1C(=O)Nc1ccc(F)c(C#N)c1. The van der Waals surface area contributed by atoms with Crippen molar-refractivity contribution in [2.45, 2.75) is 40.2 Å². The molecule has 0 aliphatic rings. The number of benzene rings is 1. The lowest BCUT2D eigenvalue weighted by molar-refractivity contribution is -0.118. The number of hydrogen-bond donors (Lipinski definition) is 2. The molecular weight excluding hydrogens is 375 g/mol. The van der Waals surface area contributed by atoms with Crippen molar-refractivity contribution in [2.24, 2.45) is 7.05 Å². The number of carbonyl (C=O) groups excluding carboxylic acids is 3. The van der Waals surface area contributed by atoms with E-state index in [2.05, 4.69) is 10.6 Å². The van der Waals surface area contributed by atoms with E-state index in [1.165, 1.54) is 16.7 Å². The third-order valence-corrected chi connectivity index (χ3v) is 4.41. The van der Waals surface area contributed by atoms with Gasteiger partial charge in [-0.25, -0.2) is 4.39 Å². The first-order valence-electron chi connectivity index (χ1n) is 8.91. The zero-order valence-corrected chi connectivity index (χ0v) is 17.2. The Bertz CT molecular complexity index is 1060. The molecule has 0 radical (unpaired) electrons. The van der Waals surface area contributed by atoms with Gasteiger partial charge in [0.05, 0.1) is 11.1 Å². The summed E-state index contributed by atoms with van der Waals surface area (Å²) in [6.45, 7) is 8.53. The van der Waals surface area contributed by atoms with Crippen molar-refractivity contribution in [3.8, 4) is 6.07 Å². The molecule has 0 aliphatic carbocycles. The van der Waals surface area contributed by atoms with Crippen LogP contribution >= 0.6 is 0 Å². The predicted molar refractivity (Wildman–Crippen MR) is 106 cm³/mol. The van der Waals surface area contributed by atoms with Crippen LogP contribution in [-0.4, -0.2) is 27.7 Å². The van der Waals surface area contributed by atoms with Crippen LogP contribution in [0.3, 0.4) is 0 Å². The molecule has 0 atom stereocenters. The van der Waals surface area contributed by atoms with Crippen LogP contribution in [0.1, 0.15) is 58.4 Å². The Morgan fingerprint density at radius 3 is 2.34 bits per heavy atom. The molecule has 0 saturated carbocycles. The molecule has 0 spiro atoms. The summed E-state index contributed by atoms with van der Waals surface area (Å²) in [5.41, 5.74) is 0.651. The molecule has 152 valence electrons. The second-order valence-corrected chi connectivity index (χ2v) is 7.79. The number of nitriles is 1. The molecule has 2 aromatic rings. The molecule has 0 fully saturated rings. The van der Waals surface area contributed by atoms with E-state index in [-0.39, 0.29) is 22.5 Å². The van der Waals surface area contributed by atoms with Gasteiger partial charge in [0.15, 0.2) is 0 Å². The number of Topliss-reactive ketones (excluding diaryl/α,β-unsaturated/α-hetero) is 1. The van der Waals surface area contributed by atoms with Gasteiger partial charge in [0.25, 0.3) is 17.6 Å².